The smallest absolute Gasteiger partial charge is 0.141 e. The van der Waals surface area contributed by atoms with Crippen LogP contribution in [0.1, 0.15) is 98.5 Å². The van der Waals surface area contributed by atoms with E-state index < -0.39 is 0 Å². The fourth-order valence-electron chi connectivity index (χ4n) is 5.93. The molecule has 0 saturated heterocycles. The number of aromatic amines is 1. The van der Waals surface area contributed by atoms with Crippen LogP contribution >= 0.6 is 0 Å². The molecule has 0 saturated carbocycles. The van der Waals surface area contributed by atoms with Gasteiger partial charge in [0.1, 0.15) is 11.6 Å². The van der Waals surface area contributed by atoms with Crippen LogP contribution in [-0.2, 0) is 16.2 Å². The highest BCUT2D eigenvalue weighted by Gasteiger charge is 2.59. The summed E-state index contributed by atoms with van der Waals surface area (Å²) in [7, 11) is 1.29. The lowest BCUT2D eigenvalue weighted by Crippen LogP contribution is -2.45. The van der Waals surface area contributed by atoms with Gasteiger partial charge < -0.3 is 4.98 Å². The van der Waals surface area contributed by atoms with Crippen molar-refractivity contribution in [3.63, 3.8) is 0 Å². The van der Waals surface area contributed by atoms with E-state index in [0.717, 1.165) is 33.8 Å². The van der Waals surface area contributed by atoms with Gasteiger partial charge in [0.05, 0.1) is 16.6 Å². The van der Waals surface area contributed by atoms with Crippen molar-refractivity contribution < 1.29 is 0 Å². The number of nitrogens with one attached hydrogen (secondary N) is 1. The number of fused-ring (bicyclic) bond motifs is 2. The molecule has 1 aliphatic carbocycles. The van der Waals surface area contributed by atoms with Crippen LogP contribution in [0.15, 0.2) is 24.5 Å². The molecule has 5 heteroatoms. The van der Waals surface area contributed by atoms with Crippen LogP contribution in [0.5, 0.6) is 0 Å². The predicted molar refractivity (Wildman–Crippen MR) is 143 cm³/mol. The van der Waals surface area contributed by atoms with Gasteiger partial charge in [0, 0.05) is 28.1 Å². The third-order valence-electron chi connectivity index (χ3n) is 8.78. The number of nitrogens with zero attached hydrogens (tertiary/aromatic N) is 3. The van der Waals surface area contributed by atoms with Gasteiger partial charge in [0.25, 0.3) is 0 Å². The van der Waals surface area contributed by atoms with Gasteiger partial charge in [0.2, 0.25) is 0 Å². The van der Waals surface area contributed by atoms with Gasteiger partial charge in [-0.1, -0.05) is 80.7 Å². The number of aromatic nitrogens is 4. The van der Waals surface area contributed by atoms with Crippen LogP contribution in [0, 0.1) is 5.41 Å². The first kappa shape index (κ1) is 24.1. The topological polar surface area (TPSA) is 54.5 Å². The molecule has 0 radical (unpaired) electrons. The number of benzene rings is 1. The Morgan fingerprint density at radius 2 is 1.55 bits per heavy atom. The summed E-state index contributed by atoms with van der Waals surface area (Å²) < 4.78 is 0. The Labute approximate surface area is 202 Å². The lowest BCUT2D eigenvalue weighted by Gasteiger charge is -2.48. The van der Waals surface area contributed by atoms with Gasteiger partial charge >= 0.3 is 0 Å². The van der Waals surface area contributed by atoms with Gasteiger partial charge in [-0.05, 0) is 45.9 Å². The zero-order valence-corrected chi connectivity index (χ0v) is 24.3. The number of hydrogen-bond acceptors (Lipinski definition) is 3. The Hall–Kier alpha value is -2.01. The van der Waals surface area contributed by atoms with E-state index in [9.17, 15) is 0 Å². The number of rotatable bonds is 5. The minimum atomic E-state index is -0.0614. The molecule has 178 valence electrons. The number of imidazole rings is 1. The summed E-state index contributed by atoms with van der Waals surface area (Å²) in [5, 5.41) is 0. The van der Waals surface area contributed by atoms with E-state index in [1.54, 1.807) is 0 Å². The van der Waals surface area contributed by atoms with Crippen LogP contribution in [0.4, 0.5) is 0 Å². The average molecular weight is 463 g/mol. The summed E-state index contributed by atoms with van der Waals surface area (Å²) in [4.78, 5) is 17.7. The van der Waals surface area contributed by atoms with Crippen molar-refractivity contribution in [3.8, 4) is 11.4 Å². The van der Waals surface area contributed by atoms with Crippen LogP contribution in [0.3, 0.4) is 0 Å². The monoisotopic (exact) mass is 462 g/mol. The molecule has 33 heavy (non-hydrogen) atoms. The Bertz CT molecular complexity index is 1110. The molecule has 1 aromatic carbocycles. The van der Waals surface area contributed by atoms with E-state index in [4.69, 9.17) is 4.98 Å². The van der Waals surface area contributed by atoms with Gasteiger partial charge in [0.15, 0.2) is 0 Å². The van der Waals surface area contributed by atoms with Crippen molar-refractivity contribution in [3.05, 3.63) is 41.5 Å². The summed E-state index contributed by atoms with van der Waals surface area (Å²) >= 11 is 0. The summed E-state index contributed by atoms with van der Waals surface area (Å²) in [6, 6.07) is 4.71. The molecule has 1 N–H and O–H groups in total. The van der Waals surface area contributed by atoms with E-state index >= 15 is 0 Å². The molecule has 3 aromatic rings. The SMILES string of the molecule is CC([SiH3])CCCC1(C)C(C)(C)c2cc3nc(-c4cnc(C(C)(C)C)nc4)[nH]c3cc2C1(C)C. The standard InChI is InChI=1S/C28H42N4Si/c1-17(33)11-10-12-28(9)26(5,6)19-13-21-22(14-20(19)27(28,7)8)32-23(31-21)18-15-29-24(30-16-18)25(2,3)4/h13-17H,10-12H2,1-9,33H3,(H,31,32). The largest absolute Gasteiger partial charge is 0.338 e. The van der Waals surface area contributed by atoms with Crippen molar-refractivity contribution in [2.75, 3.05) is 0 Å². The number of hydrogen-bond donors (Lipinski definition) is 1. The maximum Gasteiger partial charge on any atom is 0.141 e. The predicted octanol–water partition coefficient (Wildman–Crippen LogP) is 6.24. The Morgan fingerprint density at radius 1 is 0.970 bits per heavy atom. The zero-order chi connectivity index (χ0) is 24.4. The molecule has 4 nitrogen and oxygen atoms in total. The van der Waals surface area contributed by atoms with Gasteiger partial charge in [-0.15, -0.1) is 0 Å². The van der Waals surface area contributed by atoms with Gasteiger partial charge in [-0.2, -0.15) is 0 Å². The second kappa shape index (κ2) is 7.76. The van der Waals surface area contributed by atoms with E-state index in [2.05, 4.69) is 89.4 Å². The Morgan fingerprint density at radius 3 is 2.09 bits per heavy atom. The molecule has 0 spiro atoms. The average Bonchev–Trinajstić information content (AvgIpc) is 3.18. The van der Waals surface area contributed by atoms with E-state index in [1.165, 1.54) is 40.6 Å². The first-order chi connectivity index (χ1) is 15.2. The van der Waals surface area contributed by atoms with E-state index in [-0.39, 0.29) is 21.7 Å². The van der Waals surface area contributed by atoms with Crippen molar-refractivity contribution in [2.24, 2.45) is 5.41 Å². The fourth-order valence-corrected chi connectivity index (χ4v) is 6.34. The minimum Gasteiger partial charge on any atom is -0.338 e. The maximum atomic E-state index is 4.97. The molecular formula is C28H42N4Si. The highest BCUT2D eigenvalue weighted by Crippen LogP contribution is 2.64. The Kier molecular flexibility index (Phi) is 5.67. The maximum absolute atomic E-state index is 4.97. The quantitative estimate of drug-likeness (QED) is 0.457. The highest BCUT2D eigenvalue weighted by atomic mass is 28.1. The summed E-state index contributed by atoms with van der Waals surface area (Å²) in [5.74, 6) is 1.69. The van der Waals surface area contributed by atoms with Crippen LogP contribution < -0.4 is 0 Å². The van der Waals surface area contributed by atoms with Crippen molar-refractivity contribution >= 4 is 21.3 Å². The molecule has 0 bridgehead atoms. The van der Waals surface area contributed by atoms with E-state index in [1.807, 2.05) is 12.4 Å². The zero-order valence-electron chi connectivity index (χ0n) is 22.3. The second-order valence-electron chi connectivity index (χ2n) is 12.9. The Balaban J connectivity index is 1.74. The van der Waals surface area contributed by atoms with Crippen LogP contribution in [-0.4, -0.2) is 30.2 Å². The molecule has 0 aliphatic heterocycles. The van der Waals surface area contributed by atoms with Gasteiger partial charge in [-0.25, -0.2) is 15.0 Å². The summed E-state index contributed by atoms with van der Waals surface area (Å²) in [5.41, 5.74) is 7.21. The third-order valence-corrected chi connectivity index (χ3v) is 9.36. The normalized spacial score (nSPS) is 19.7. The lowest BCUT2D eigenvalue weighted by atomic mass is 9.56. The molecule has 0 fully saturated rings. The minimum absolute atomic E-state index is 0.0614. The van der Waals surface area contributed by atoms with E-state index in [0.29, 0.717) is 0 Å². The van der Waals surface area contributed by atoms with Crippen LogP contribution in [0.25, 0.3) is 22.4 Å². The molecule has 2 unspecified atom stereocenters. The molecular weight excluding hydrogens is 420 g/mol. The molecule has 1 aliphatic rings. The first-order valence-corrected chi connectivity index (χ1v) is 13.7. The third kappa shape index (κ3) is 3.76. The highest BCUT2D eigenvalue weighted by molar-refractivity contribution is 6.11. The first-order valence-electron chi connectivity index (χ1n) is 12.6. The molecule has 2 heterocycles. The molecule has 2 aromatic heterocycles. The fraction of sp³-hybridized carbons (Fsp3) is 0.607. The van der Waals surface area contributed by atoms with Crippen molar-refractivity contribution in [1.82, 2.24) is 19.9 Å². The number of H-pyrrole nitrogens is 1. The van der Waals surface area contributed by atoms with Crippen molar-refractivity contribution in [2.45, 2.75) is 103 Å². The van der Waals surface area contributed by atoms with Crippen LogP contribution in [0.2, 0.25) is 5.54 Å². The molecule has 2 atom stereocenters. The van der Waals surface area contributed by atoms with Crippen molar-refractivity contribution in [1.29, 1.82) is 0 Å². The lowest BCUT2D eigenvalue weighted by molar-refractivity contribution is 0.0840. The second-order valence-corrected chi connectivity index (χ2v) is 14.9. The molecule has 0 amide bonds. The summed E-state index contributed by atoms with van der Waals surface area (Å²) in [6.07, 6.45) is 7.71. The van der Waals surface area contributed by atoms with Gasteiger partial charge in [-0.3, -0.25) is 0 Å². The molecule has 4 rings (SSSR count). The summed E-state index contributed by atoms with van der Waals surface area (Å²) in [6.45, 7) is 21.1.